The minimum atomic E-state index is 0.364. The van der Waals surface area contributed by atoms with Crippen molar-refractivity contribution in [1.82, 2.24) is 19.4 Å². The molecule has 0 radical (unpaired) electrons. The average molecular weight is 327 g/mol. The highest BCUT2D eigenvalue weighted by molar-refractivity contribution is 5.88. The number of benzene rings is 1. The van der Waals surface area contributed by atoms with E-state index in [1.54, 1.807) is 18.7 Å². The van der Waals surface area contributed by atoms with Crippen LogP contribution in [-0.2, 0) is 0 Å². The Balaban J connectivity index is 1.88. The van der Waals surface area contributed by atoms with Gasteiger partial charge in [0.1, 0.15) is 5.69 Å². The number of hydrogen-bond donors (Lipinski definition) is 1. The molecule has 0 bridgehead atoms. The number of nitrogens with two attached hydrogens (primary N) is 1. The summed E-state index contributed by atoms with van der Waals surface area (Å²) >= 11 is 0. The normalized spacial score (nSPS) is 11.4. The second-order valence-electron chi connectivity index (χ2n) is 5.70. The number of rotatable bonds is 2. The minimum Gasteiger partial charge on any atom is -0.463 e. The number of nitrogens with zero attached hydrogens (tertiary/aromatic N) is 4. The number of nitrogen functional groups attached to an aromatic ring is 1. The fraction of sp³-hybridized carbons (Fsp3) is 0. The quantitative estimate of drug-likeness (QED) is 0.533. The molecule has 0 fully saturated rings. The van der Waals surface area contributed by atoms with E-state index in [9.17, 15) is 0 Å². The van der Waals surface area contributed by atoms with Gasteiger partial charge in [0.25, 0.3) is 0 Å². The third-order valence-corrected chi connectivity index (χ3v) is 4.20. The Morgan fingerprint density at radius 3 is 2.84 bits per heavy atom. The van der Waals surface area contributed by atoms with Gasteiger partial charge in [0.15, 0.2) is 17.2 Å². The van der Waals surface area contributed by atoms with Crippen molar-refractivity contribution in [3.05, 3.63) is 67.3 Å². The molecule has 0 saturated heterocycles. The van der Waals surface area contributed by atoms with Crippen LogP contribution in [0.3, 0.4) is 0 Å². The topological polar surface area (TPSA) is 82.2 Å². The Morgan fingerprint density at radius 2 is 1.96 bits per heavy atom. The van der Waals surface area contributed by atoms with E-state index in [2.05, 4.69) is 21.0 Å². The molecule has 2 N–H and O–H groups in total. The smallest absolute Gasteiger partial charge is 0.180 e. The van der Waals surface area contributed by atoms with Gasteiger partial charge in [-0.3, -0.25) is 9.38 Å². The number of imidazole rings is 1. The van der Waals surface area contributed by atoms with E-state index in [-0.39, 0.29) is 0 Å². The molecule has 0 aliphatic carbocycles. The standard InChI is InChI=1S/C19H13N5O/c20-18-19-22-8-9-24(19)17(16(23-18)15-4-2-10-25-15)13-5-6-14-12(11-13)3-1-7-21-14/h1-11H,(H2,20,23). The largest absolute Gasteiger partial charge is 0.463 e. The van der Waals surface area contributed by atoms with Crippen LogP contribution in [0.1, 0.15) is 0 Å². The zero-order valence-corrected chi connectivity index (χ0v) is 13.1. The van der Waals surface area contributed by atoms with Crippen LogP contribution in [0.15, 0.2) is 71.7 Å². The summed E-state index contributed by atoms with van der Waals surface area (Å²) in [7, 11) is 0. The highest BCUT2D eigenvalue weighted by Gasteiger charge is 2.18. The maximum Gasteiger partial charge on any atom is 0.180 e. The predicted molar refractivity (Wildman–Crippen MR) is 95.8 cm³/mol. The van der Waals surface area contributed by atoms with Crippen molar-refractivity contribution in [3.8, 4) is 22.7 Å². The zero-order chi connectivity index (χ0) is 16.8. The Morgan fingerprint density at radius 1 is 1.00 bits per heavy atom. The average Bonchev–Trinajstić information content (AvgIpc) is 3.33. The molecule has 5 aromatic rings. The summed E-state index contributed by atoms with van der Waals surface area (Å²) in [6, 6.07) is 13.8. The first-order valence-electron chi connectivity index (χ1n) is 7.83. The molecule has 6 nitrogen and oxygen atoms in total. The molecule has 0 amide bonds. The lowest BCUT2D eigenvalue weighted by molar-refractivity contribution is 0.580. The first-order chi connectivity index (χ1) is 12.3. The predicted octanol–water partition coefficient (Wildman–Crippen LogP) is 3.79. The van der Waals surface area contributed by atoms with Gasteiger partial charge in [-0.1, -0.05) is 12.1 Å². The molecular formula is C19H13N5O. The molecule has 4 aromatic heterocycles. The summed E-state index contributed by atoms with van der Waals surface area (Å²) in [5.74, 6) is 1.02. The second kappa shape index (κ2) is 5.17. The lowest BCUT2D eigenvalue weighted by Gasteiger charge is -2.12. The van der Waals surface area contributed by atoms with Crippen LogP contribution in [0, 0.1) is 0 Å². The molecule has 1 aromatic carbocycles. The first-order valence-corrected chi connectivity index (χ1v) is 7.83. The van der Waals surface area contributed by atoms with Crippen LogP contribution < -0.4 is 5.73 Å². The van der Waals surface area contributed by atoms with Crippen molar-refractivity contribution in [1.29, 1.82) is 0 Å². The Hall–Kier alpha value is -3.67. The zero-order valence-electron chi connectivity index (χ0n) is 13.1. The van der Waals surface area contributed by atoms with Crippen LogP contribution >= 0.6 is 0 Å². The third kappa shape index (κ3) is 2.08. The number of hydrogen-bond acceptors (Lipinski definition) is 5. The van der Waals surface area contributed by atoms with Crippen LogP contribution in [0.4, 0.5) is 5.82 Å². The number of fused-ring (bicyclic) bond motifs is 2. The molecule has 5 rings (SSSR count). The fourth-order valence-corrected chi connectivity index (χ4v) is 3.09. The molecule has 0 unspecified atom stereocenters. The van der Waals surface area contributed by atoms with Crippen molar-refractivity contribution in [2.24, 2.45) is 0 Å². The van der Waals surface area contributed by atoms with Gasteiger partial charge in [0.05, 0.1) is 17.5 Å². The molecule has 0 aliphatic rings. The summed E-state index contributed by atoms with van der Waals surface area (Å²) in [5.41, 5.74) is 10.2. The number of anilines is 1. The molecular weight excluding hydrogens is 314 g/mol. The summed E-state index contributed by atoms with van der Waals surface area (Å²) in [5, 5.41) is 1.05. The van der Waals surface area contributed by atoms with Crippen LogP contribution in [-0.4, -0.2) is 19.4 Å². The summed E-state index contributed by atoms with van der Waals surface area (Å²) < 4.78 is 7.53. The Kier molecular flexibility index (Phi) is 2.84. The molecule has 0 aliphatic heterocycles. The van der Waals surface area contributed by atoms with Gasteiger partial charge < -0.3 is 10.2 Å². The number of aromatic nitrogens is 4. The van der Waals surface area contributed by atoms with Gasteiger partial charge in [0, 0.05) is 29.5 Å². The molecule has 4 heterocycles. The van der Waals surface area contributed by atoms with E-state index in [1.165, 1.54) is 0 Å². The van der Waals surface area contributed by atoms with Crippen molar-refractivity contribution < 1.29 is 4.42 Å². The van der Waals surface area contributed by atoms with E-state index < -0.39 is 0 Å². The Bertz CT molecular complexity index is 1210. The van der Waals surface area contributed by atoms with E-state index in [0.29, 0.717) is 22.9 Å². The van der Waals surface area contributed by atoms with E-state index in [0.717, 1.165) is 22.2 Å². The SMILES string of the molecule is Nc1nc(-c2ccco2)c(-c2ccc3ncccc3c2)n2ccnc12. The maximum absolute atomic E-state index is 6.10. The Labute approximate surface area is 142 Å². The molecule has 0 saturated carbocycles. The fourth-order valence-electron chi connectivity index (χ4n) is 3.09. The molecule has 25 heavy (non-hydrogen) atoms. The van der Waals surface area contributed by atoms with Crippen LogP contribution in [0.25, 0.3) is 39.3 Å². The minimum absolute atomic E-state index is 0.364. The third-order valence-electron chi connectivity index (χ3n) is 4.20. The van der Waals surface area contributed by atoms with Gasteiger partial charge >= 0.3 is 0 Å². The summed E-state index contributed by atoms with van der Waals surface area (Å²) in [6.45, 7) is 0. The lowest BCUT2D eigenvalue weighted by atomic mass is 10.0. The van der Waals surface area contributed by atoms with Gasteiger partial charge in [0.2, 0.25) is 0 Å². The highest BCUT2D eigenvalue weighted by Crippen LogP contribution is 2.34. The van der Waals surface area contributed by atoms with Gasteiger partial charge in [-0.05, 0) is 30.3 Å². The van der Waals surface area contributed by atoms with Crippen LogP contribution in [0.5, 0.6) is 0 Å². The molecule has 0 spiro atoms. The van der Waals surface area contributed by atoms with Crippen LogP contribution in [0.2, 0.25) is 0 Å². The number of pyridine rings is 1. The van der Waals surface area contributed by atoms with Gasteiger partial charge in [-0.2, -0.15) is 0 Å². The molecule has 0 atom stereocenters. The van der Waals surface area contributed by atoms with Gasteiger partial charge in [-0.25, -0.2) is 9.97 Å². The highest BCUT2D eigenvalue weighted by atomic mass is 16.3. The molecule has 6 heteroatoms. The van der Waals surface area contributed by atoms with Gasteiger partial charge in [-0.15, -0.1) is 0 Å². The lowest BCUT2D eigenvalue weighted by Crippen LogP contribution is -2.03. The van der Waals surface area contributed by atoms with Crippen molar-refractivity contribution >= 4 is 22.4 Å². The summed E-state index contributed by atoms with van der Waals surface area (Å²) in [6.07, 6.45) is 7.00. The monoisotopic (exact) mass is 327 g/mol. The first kappa shape index (κ1) is 13.7. The van der Waals surface area contributed by atoms with E-state index >= 15 is 0 Å². The van der Waals surface area contributed by atoms with Crippen molar-refractivity contribution in [2.45, 2.75) is 0 Å². The number of furan rings is 1. The van der Waals surface area contributed by atoms with E-state index in [1.807, 2.05) is 47.0 Å². The second-order valence-corrected chi connectivity index (χ2v) is 5.70. The summed E-state index contributed by atoms with van der Waals surface area (Å²) in [4.78, 5) is 13.3. The van der Waals surface area contributed by atoms with Crippen molar-refractivity contribution in [2.75, 3.05) is 5.73 Å². The maximum atomic E-state index is 6.10. The van der Waals surface area contributed by atoms with Crippen molar-refractivity contribution in [3.63, 3.8) is 0 Å². The van der Waals surface area contributed by atoms with E-state index in [4.69, 9.17) is 10.2 Å². The molecule has 120 valence electrons.